The van der Waals surface area contributed by atoms with Crippen molar-refractivity contribution >= 4 is 44.1 Å². The van der Waals surface area contributed by atoms with Crippen LogP contribution in [0.15, 0.2) is 211 Å². The number of rotatable bonds is 6. The molecule has 4 heteroatoms. The van der Waals surface area contributed by atoms with E-state index >= 15 is 0 Å². The number of hydrogen-bond acceptors (Lipinski definition) is 2. The second kappa shape index (κ2) is 13.2. The maximum absolute atomic E-state index is 5.24. The van der Waals surface area contributed by atoms with Gasteiger partial charge in [-0.3, -0.25) is 4.99 Å². The van der Waals surface area contributed by atoms with Crippen LogP contribution in [0.1, 0.15) is 5.56 Å². The molecule has 0 amide bonds. The number of aromatic nitrogens is 2. The van der Waals surface area contributed by atoms with Crippen LogP contribution in [0.25, 0.3) is 71.9 Å². The first kappa shape index (κ1) is 32.2. The van der Waals surface area contributed by atoms with Crippen LogP contribution in [0.3, 0.4) is 0 Å². The Kier molecular flexibility index (Phi) is 7.59. The van der Waals surface area contributed by atoms with E-state index in [1.165, 1.54) is 43.8 Å². The summed E-state index contributed by atoms with van der Waals surface area (Å²) in [4.78, 5) is 11.3. The van der Waals surface area contributed by atoms with Crippen molar-refractivity contribution in [3.05, 3.63) is 212 Å². The summed E-state index contributed by atoms with van der Waals surface area (Å²) in [5.74, 6) is 2.06. The van der Waals surface area contributed by atoms with Crippen LogP contribution in [0.4, 0.5) is 5.69 Å². The Hall–Kier alpha value is -7.30. The van der Waals surface area contributed by atoms with E-state index in [-0.39, 0.29) is 12.1 Å². The summed E-state index contributed by atoms with van der Waals surface area (Å²) in [5, 5.41) is 4.95. The first-order chi connectivity index (χ1) is 27.8. The molecule has 0 saturated carbocycles. The molecular weight excluding hydrogens is 681 g/mol. The number of allylic oxidation sites excluding steroid dienone is 2. The Labute approximate surface area is 325 Å². The molecule has 264 valence electrons. The zero-order valence-electron chi connectivity index (χ0n) is 30.6. The van der Waals surface area contributed by atoms with Gasteiger partial charge in [0.25, 0.3) is 5.82 Å². The van der Waals surface area contributed by atoms with Crippen molar-refractivity contribution in [1.29, 1.82) is 0 Å². The highest BCUT2D eigenvalue weighted by atomic mass is 15.3. The van der Waals surface area contributed by atoms with Gasteiger partial charge in [0.2, 0.25) is 0 Å². The normalized spacial score (nSPS) is 16.1. The summed E-state index contributed by atoms with van der Waals surface area (Å²) >= 11 is 0. The number of hydrogen-bond donors (Lipinski definition) is 1. The number of aromatic amines is 1. The maximum Gasteiger partial charge on any atom is 0.292 e. The molecule has 4 nitrogen and oxygen atoms in total. The minimum atomic E-state index is 0.0940. The van der Waals surface area contributed by atoms with E-state index in [0.29, 0.717) is 0 Å². The van der Waals surface area contributed by atoms with Gasteiger partial charge in [0.15, 0.2) is 11.0 Å². The van der Waals surface area contributed by atoms with Crippen LogP contribution in [0.2, 0.25) is 0 Å². The predicted octanol–water partition coefficient (Wildman–Crippen LogP) is 11.9. The predicted molar refractivity (Wildman–Crippen MR) is 232 cm³/mol. The van der Waals surface area contributed by atoms with Gasteiger partial charge in [-0.15, -0.1) is 0 Å². The average Bonchev–Trinajstić information content (AvgIpc) is 3.86. The molecule has 56 heavy (non-hydrogen) atoms. The van der Waals surface area contributed by atoms with Crippen molar-refractivity contribution in [1.82, 2.24) is 4.98 Å². The lowest BCUT2D eigenvalue weighted by molar-refractivity contribution is -0.554. The largest absolute Gasteiger partial charge is 0.317 e. The van der Waals surface area contributed by atoms with Crippen molar-refractivity contribution in [3.8, 4) is 39.3 Å². The van der Waals surface area contributed by atoms with Gasteiger partial charge in [-0.1, -0.05) is 158 Å². The van der Waals surface area contributed by atoms with Crippen LogP contribution in [0.5, 0.6) is 0 Å². The highest BCUT2D eigenvalue weighted by Crippen LogP contribution is 2.44. The van der Waals surface area contributed by atoms with E-state index < -0.39 is 0 Å². The lowest BCUT2D eigenvalue weighted by Gasteiger charge is -2.29. The van der Waals surface area contributed by atoms with Crippen molar-refractivity contribution in [2.75, 3.05) is 4.90 Å². The maximum atomic E-state index is 5.24. The first-order valence-corrected chi connectivity index (χ1v) is 19.3. The average molecular weight is 718 g/mol. The smallest absolute Gasteiger partial charge is 0.292 e. The standard InChI is InChI=1S/C52H36N4/c1-3-15-39(16-4-1)55-47-25-13-11-23-45(47)53-51(55)37-31-27-35(28-32-37)49-41-19-7-9-21-43(41)50(44-22-10-8-20-42(44)49)36-29-33-38(34-30-36)52-54-46-24-12-14-26-48(46)56(52)40-17-5-2-6-18-40/h1-34,45,47H/p+1. The van der Waals surface area contributed by atoms with Crippen LogP contribution in [-0.2, 0) is 0 Å². The van der Waals surface area contributed by atoms with Gasteiger partial charge in [-0.2, -0.15) is 4.57 Å². The van der Waals surface area contributed by atoms with Crippen LogP contribution in [0, 0.1) is 0 Å². The van der Waals surface area contributed by atoms with E-state index in [2.05, 4.69) is 221 Å². The summed E-state index contributed by atoms with van der Waals surface area (Å²) < 4.78 is 2.31. The number of imidazole rings is 1. The third-order valence-corrected chi connectivity index (χ3v) is 11.4. The fraction of sp³-hybridized carbons (Fsp3) is 0.0385. The van der Waals surface area contributed by atoms with E-state index in [4.69, 9.17) is 4.99 Å². The number of nitrogens with one attached hydrogen (secondary N) is 1. The molecule has 9 aromatic rings. The second-order valence-corrected chi connectivity index (χ2v) is 14.6. The van der Waals surface area contributed by atoms with Crippen molar-refractivity contribution in [3.63, 3.8) is 0 Å². The number of benzene rings is 8. The first-order valence-electron chi connectivity index (χ1n) is 19.3. The fourth-order valence-electron chi connectivity index (χ4n) is 8.84. The zero-order chi connectivity index (χ0) is 37.0. The zero-order valence-corrected chi connectivity index (χ0v) is 30.6. The van der Waals surface area contributed by atoms with Crippen molar-refractivity contribution in [2.24, 2.45) is 4.99 Å². The van der Waals surface area contributed by atoms with E-state index in [1.54, 1.807) is 0 Å². The molecule has 0 spiro atoms. The fourth-order valence-corrected chi connectivity index (χ4v) is 8.84. The van der Waals surface area contributed by atoms with Crippen LogP contribution >= 0.6 is 0 Å². The van der Waals surface area contributed by atoms with E-state index in [9.17, 15) is 0 Å². The highest BCUT2D eigenvalue weighted by Gasteiger charge is 2.35. The molecule has 2 atom stereocenters. The van der Waals surface area contributed by atoms with Gasteiger partial charge >= 0.3 is 0 Å². The summed E-state index contributed by atoms with van der Waals surface area (Å²) in [6.45, 7) is 0. The Morgan fingerprint density at radius 3 is 1.59 bits per heavy atom. The third kappa shape index (κ3) is 5.22. The lowest BCUT2D eigenvalue weighted by atomic mass is 9.85. The Balaban J connectivity index is 1.02. The van der Waals surface area contributed by atoms with E-state index in [0.717, 1.165) is 45.2 Å². The minimum absolute atomic E-state index is 0.0940. The minimum Gasteiger partial charge on any atom is -0.317 e. The SMILES string of the molecule is C1=CC2N=C(c3ccc(-c4c5ccccc5c(-c5ccc(-c6[nH]c7ccccc7[n+]6-c6ccccc6)cc5)c5ccccc45)cc3)N(c3ccccc3)C2C=C1. The Bertz CT molecular complexity index is 2950. The van der Waals surface area contributed by atoms with Gasteiger partial charge in [0, 0.05) is 11.3 Å². The Morgan fingerprint density at radius 2 is 0.964 bits per heavy atom. The Morgan fingerprint density at radius 1 is 0.464 bits per heavy atom. The quantitative estimate of drug-likeness (QED) is 0.135. The molecule has 1 N–H and O–H groups in total. The molecule has 8 aromatic carbocycles. The van der Waals surface area contributed by atoms with Crippen molar-refractivity contribution < 1.29 is 4.57 Å². The number of H-pyrrole nitrogens is 1. The van der Waals surface area contributed by atoms with Gasteiger partial charge in [-0.05, 0) is 92.3 Å². The number of para-hydroxylation sites is 4. The van der Waals surface area contributed by atoms with E-state index in [1.807, 2.05) is 0 Å². The van der Waals surface area contributed by atoms with Gasteiger partial charge in [0.05, 0.1) is 17.6 Å². The number of anilines is 1. The molecule has 1 aliphatic carbocycles. The van der Waals surface area contributed by atoms with Gasteiger partial charge in [-0.25, -0.2) is 4.98 Å². The van der Waals surface area contributed by atoms with Gasteiger partial charge in [0.1, 0.15) is 11.5 Å². The molecule has 0 saturated heterocycles. The van der Waals surface area contributed by atoms with Gasteiger partial charge < -0.3 is 4.90 Å². The summed E-state index contributed by atoms with van der Waals surface area (Å²) in [6.07, 6.45) is 8.72. The third-order valence-electron chi connectivity index (χ3n) is 11.4. The molecule has 0 fully saturated rings. The molecule has 2 heterocycles. The van der Waals surface area contributed by atoms with Crippen LogP contribution < -0.4 is 9.47 Å². The second-order valence-electron chi connectivity index (χ2n) is 14.6. The highest BCUT2D eigenvalue weighted by molar-refractivity contribution is 6.21. The van der Waals surface area contributed by atoms with Crippen LogP contribution in [-0.4, -0.2) is 22.9 Å². The summed E-state index contributed by atoms with van der Waals surface area (Å²) in [5.41, 5.74) is 11.6. The summed E-state index contributed by atoms with van der Waals surface area (Å²) in [6, 6.07) is 65.8. The topological polar surface area (TPSA) is 35.3 Å². The molecule has 2 unspecified atom stereocenters. The molecule has 2 aliphatic rings. The number of nitrogens with zero attached hydrogens (tertiary/aromatic N) is 3. The summed E-state index contributed by atoms with van der Waals surface area (Å²) in [7, 11) is 0. The number of fused-ring (bicyclic) bond motifs is 4. The number of aliphatic imine (C=N–C) groups is 1. The molecule has 1 aliphatic heterocycles. The molecule has 1 aromatic heterocycles. The molecule has 11 rings (SSSR count). The molecular formula is C52H37N4+. The number of amidine groups is 1. The molecule has 0 radical (unpaired) electrons. The molecule has 0 bridgehead atoms. The monoisotopic (exact) mass is 717 g/mol. The lowest BCUT2D eigenvalue weighted by Crippen LogP contribution is -2.39. The van der Waals surface area contributed by atoms with Crippen molar-refractivity contribution in [2.45, 2.75) is 12.1 Å².